The standard InChI is InChI=1S/C16H30N2O/c1-12-10-17-15(14-6-4-3-5-7-14)11-18(12)16-8-9-19-13(16)2/h12-17H,3-11H2,1-2H3. The number of rotatable bonds is 2. The van der Waals surface area contributed by atoms with Crippen LogP contribution in [0.3, 0.4) is 0 Å². The summed E-state index contributed by atoms with van der Waals surface area (Å²) in [5, 5.41) is 3.82. The summed E-state index contributed by atoms with van der Waals surface area (Å²) in [6.07, 6.45) is 8.88. The van der Waals surface area contributed by atoms with Crippen molar-refractivity contribution in [2.24, 2.45) is 5.92 Å². The lowest BCUT2D eigenvalue weighted by atomic mass is 9.82. The van der Waals surface area contributed by atoms with E-state index in [2.05, 4.69) is 24.1 Å². The summed E-state index contributed by atoms with van der Waals surface area (Å²) in [6, 6.07) is 2.04. The van der Waals surface area contributed by atoms with Crippen molar-refractivity contribution in [2.75, 3.05) is 19.7 Å². The first-order chi connectivity index (χ1) is 9.25. The summed E-state index contributed by atoms with van der Waals surface area (Å²) in [7, 11) is 0. The maximum absolute atomic E-state index is 5.79. The van der Waals surface area contributed by atoms with E-state index in [4.69, 9.17) is 4.74 Å². The molecule has 2 heterocycles. The van der Waals surface area contributed by atoms with Gasteiger partial charge in [0.05, 0.1) is 6.10 Å². The second-order valence-corrected chi connectivity index (χ2v) is 6.89. The zero-order valence-electron chi connectivity index (χ0n) is 12.6. The van der Waals surface area contributed by atoms with Crippen molar-refractivity contribution in [1.29, 1.82) is 0 Å². The second-order valence-electron chi connectivity index (χ2n) is 6.89. The molecule has 3 aliphatic rings. The Hall–Kier alpha value is -0.120. The van der Waals surface area contributed by atoms with Crippen LogP contribution >= 0.6 is 0 Å². The molecule has 3 nitrogen and oxygen atoms in total. The third kappa shape index (κ3) is 2.98. The van der Waals surface area contributed by atoms with Gasteiger partial charge in [-0.2, -0.15) is 0 Å². The molecule has 0 aromatic carbocycles. The van der Waals surface area contributed by atoms with Gasteiger partial charge >= 0.3 is 0 Å². The molecule has 19 heavy (non-hydrogen) atoms. The molecular formula is C16H30N2O. The van der Waals surface area contributed by atoms with E-state index < -0.39 is 0 Å². The average Bonchev–Trinajstić information content (AvgIpc) is 2.86. The molecule has 0 spiro atoms. The van der Waals surface area contributed by atoms with Crippen molar-refractivity contribution >= 4 is 0 Å². The molecule has 0 bridgehead atoms. The van der Waals surface area contributed by atoms with Crippen LogP contribution in [0.1, 0.15) is 52.4 Å². The van der Waals surface area contributed by atoms with Crippen LogP contribution in [0.15, 0.2) is 0 Å². The molecule has 2 saturated heterocycles. The van der Waals surface area contributed by atoms with Gasteiger partial charge in [-0.15, -0.1) is 0 Å². The molecule has 4 atom stereocenters. The van der Waals surface area contributed by atoms with Crippen molar-refractivity contribution in [3.05, 3.63) is 0 Å². The van der Waals surface area contributed by atoms with Gasteiger partial charge < -0.3 is 10.1 Å². The highest BCUT2D eigenvalue weighted by molar-refractivity contribution is 4.94. The lowest BCUT2D eigenvalue weighted by molar-refractivity contribution is 0.0251. The van der Waals surface area contributed by atoms with E-state index >= 15 is 0 Å². The summed E-state index contributed by atoms with van der Waals surface area (Å²) >= 11 is 0. The van der Waals surface area contributed by atoms with E-state index in [1.54, 1.807) is 0 Å². The predicted molar refractivity (Wildman–Crippen MR) is 78.4 cm³/mol. The molecule has 0 aromatic heterocycles. The van der Waals surface area contributed by atoms with E-state index in [1.165, 1.54) is 45.1 Å². The van der Waals surface area contributed by atoms with Crippen molar-refractivity contribution < 1.29 is 4.74 Å². The molecule has 3 rings (SSSR count). The zero-order chi connectivity index (χ0) is 13.2. The monoisotopic (exact) mass is 266 g/mol. The van der Waals surface area contributed by atoms with Gasteiger partial charge in [-0.05, 0) is 39.0 Å². The van der Waals surface area contributed by atoms with Gasteiger partial charge in [-0.3, -0.25) is 4.90 Å². The molecule has 0 aromatic rings. The molecule has 1 aliphatic carbocycles. The Balaban J connectivity index is 1.63. The van der Waals surface area contributed by atoms with Crippen LogP contribution in [0.25, 0.3) is 0 Å². The molecule has 2 aliphatic heterocycles. The van der Waals surface area contributed by atoms with E-state index in [0.29, 0.717) is 18.2 Å². The summed E-state index contributed by atoms with van der Waals surface area (Å²) in [5.41, 5.74) is 0. The molecule has 0 radical (unpaired) electrons. The Morgan fingerprint density at radius 2 is 1.84 bits per heavy atom. The summed E-state index contributed by atoms with van der Waals surface area (Å²) in [4.78, 5) is 2.74. The van der Waals surface area contributed by atoms with E-state index in [1.807, 2.05) is 0 Å². The van der Waals surface area contributed by atoms with Crippen LogP contribution in [0.5, 0.6) is 0 Å². The van der Waals surface area contributed by atoms with Crippen LogP contribution in [-0.2, 0) is 4.74 Å². The van der Waals surface area contributed by atoms with Crippen molar-refractivity contribution in [2.45, 2.75) is 76.6 Å². The van der Waals surface area contributed by atoms with Gasteiger partial charge in [0.15, 0.2) is 0 Å². The fourth-order valence-corrected chi connectivity index (χ4v) is 4.38. The Morgan fingerprint density at radius 3 is 2.53 bits per heavy atom. The van der Waals surface area contributed by atoms with Crippen LogP contribution in [-0.4, -0.2) is 48.8 Å². The largest absolute Gasteiger partial charge is 0.377 e. The highest BCUT2D eigenvalue weighted by Gasteiger charge is 2.38. The maximum Gasteiger partial charge on any atom is 0.0703 e. The predicted octanol–water partition coefficient (Wildman–Crippen LogP) is 2.41. The molecule has 0 amide bonds. The molecular weight excluding hydrogens is 236 g/mol. The van der Waals surface area contributed by atoms with Crippen LogP contribution in [0.4, 0.5) is 0 Å². The minimum absolute atomic E-state index is 0.424. The minimum Gasteiger partial charge on any atom is -0.377 e. The van der Waals surface area contributed by atoms with Gasteiger partial charge in [0, 0.05) is 37.8 Å². The number of ether oxygens (including phenoxy) is 1. The number of hydrogen-bond acceptors (Lipinski definition) is 3. The lowest BCUT2D eigenvalue weighted by Crippen LogP contribution is -2.61. The van der Waals surface area contributed by atoms with E-state index in [0.717, 1.165) is 25.1 Å². The van der Waals surface area contributed by atoms with Crippen molar-refractivity contribution in [3.63, 3.8) is 0 Å². The second kappa shape index (κ2) is 6.11. The first-order valence-corrected chi connectivity index (χ1v) is 8.36. The lowest BCUT2D eigenvalue weighted by Gasteiger charge is -2.46. The van der Waals surface area contributed by atoms with Gasteiger partial charge in [0.25, 0.3) is 0 Å². The first-order valence-electron chi connectivity index (χ1n) is 8.36. The minimum atomic E-state index is 0.424. The molecule has 3 fully saturated rings. The summed E-state index contributed by atoms with van der Waals surface area (Å²) in [5.74, 6) is 0.918. The molecule has 1 saturated carbocycles. The molecule has 110 valence electrons. The Kier molecular flexibility index (Phi) is 4.45. The first kappa shape index (κ1) is 13.8. The number of hydrogen-bond donors (Lipinski definition) is 1. The summed E-state index contributed by atoms with van der Waals surface area (Å²) < 4.78 is 5.79. The SMILES string of the molecule is CC1OCCC1N1CC(C2CCCCC2)NCC1C. The summed E-state index contributed by atoms with van der Waals surface area (Å²) in [6.45, 7) is 7.97. The van der Waals surface area contributed by atoms with Gasteiger partial charge in [-0.1, -0.05) is 19.3 Å². The number of piperazine rings is 1. The Labute approximate surface area is 118 Å². The molecule has 4 unspecified atom stereocenters. The topological polar surface area (TPSA) is 24.5 Å². The van der Waals surface area contributed by atoms with Gasteiger partial charge in [-0.25, -0.2) is 0 Å². The van der Waals surface area contributed by atoms with Crippen LogP contribution < -0.4 is 5.32 Å². The number of nitrogens with zero attached hydrogens (tertiary/aromatic N) is 1. The average molecular weight is 266 g/mol. The molecule has 3 heteroatoms. The van der Waals surface area contributed by atoms with Crippen molar-refractivity contribution in [3.8, 4) is 0 Å². The zero-order valence-corrected chi connectivity index (χ0v) is 12.6. The maximum atomic E-state index is 5.79. The van der Waals surface area contributed by atoms with Crippen LogP contribution in [0.2, 0.25) is 0 Å². The smallest absolute Gasteiger partial charge is 0.0703 e. The van der Waals surface area contributed by atoms with E-state index in [9.17, 15) is 0 Å². The van der Waals surface area contributed by atoms with Crippen molar-refractivity contribution in [1.82, 2.24) is 10.2 Å². The fraction of sp³-hybridized carbons (Fsp3) is 1.00. The Morgan fingerprint density at radius 1 is 1.05 bits per heavy atom. The third-order valence-corrected chi connectivity index (χ3v) is 5.63. The quantitative estimate of drug-likeness (QED) is 0.830. The highest BCUT2D eigenvalue weighted by Crippen LogP contribution is 2.30. The highest BCUT2D eigenvalue weighted by atomic mass is 16.5. The van der Waals surface area contributed by atoms with Gasteiger partial charge in [0.2, 0.25) is 0 Å². The normalized spacial score (nSPS) is 42.6. The van der Waals surface area contributed by atoms with E-state index in [-0.39, 0.29) is 0 Å². The Bertz CT molecular complexity index is 290. The van der Waals surface area contributed by atoms with Crippen LogP contribution in [0, 0.1) is 5.92 Å². The molecule has 1 N–H and O–H groups in total. The van der Waals surface area contributed by atoms with Gasteiger partial charge in [0.1, 0.15) is 0 Å². The fourth-order valence-electron chi connectivity index (χ4n) is 4.38. The number of nitrogens with one attached hydrogen (secondary N) is 1. The third-order valence-electron chi connectivity index (χ3n) is 5.63.